The summed E-state index contributed by atoms with van der Waals surface area (Å²) in [6.45, 7) is 5.33. The van der Waals surface area contributed by atoms with Gasteiger partial charge in [-0.2, -0.15) is 0 Å². The molecule has 1 saturated heterocycles. The first-order chi connectivity index (χ1) is 9.99. The highest BCUT2D eigenvalue weighted by Gasteiger charge is 2.30. The van der Waals surface area contributed by atoms with Crippen LogP contribution >= 0.6 is 0 Å². The van der Waals surface area contributed by atoms with Gasteiger partial charge in [0.25, 0.3) is 5.91 Å². The molecular weight excluding hydrogens is 271 g/mol. The Morgan fingerprint density at radius 1 is 1.14 bits per heavy atom. The molecule has 2 amide bonds. The van der Waals surface area contributed by atoms with Gasteiger partial charge in [-0.3, -0.25) is 9.59 Å². The van der Waals surface area contributed by atoms with Crippen LogP contribution in [0.3, 0.4) is 0 Å². The molecule has 5 heteroatoms. The van der Waals surface area contributed by atoms with Crippen molar-refractivity contribution in [1.82, 2.24) is 10.2 Å². The van der Waals surface area contributed by atoms with Crippen LogP contribution in [-0.4, -0.2) is 35.8 Å². The molecule has 1 N–H and O–H groups in total. The quantitative estimate of drug-likeness (QED) is 0.925. The van der Waals surface area contributed by atoms with Gasteiger partial charge in [0, 0.05) is 18.7 Å². The number of carbonyl (C=O) groups is 2. The van der Waals surface area contributed by atoms with E-state index < -0.39 is 6.04 Å². The number of likely N-dealkylation sites (tertiary alicyclic amines) is 1. The van der Waals surface area contributed by atoms with Crippen molar-refractivity contribution in [2.24, 2.45) is 5.92 Å². The van der Waals surface area contributed by atoms with E-state index in [4.69, 9.17) is 0 Å². The normalized spacial score (nSPS) is 16.1. The number of rotatable bonds is 4. The molecule has 1 fully saturated rings. The summed E-state index contributed by atoms with van der Waals surface area (Å²) < 4.78 is 12.9. The summed E-state index contributed by atoms with van der Waals surface area (Å²) in [5.41, 5.74) is 0.358. The highest BCUT2D eigenvalue weighted by Crippen LogP contribution is 2.14. The molecule has 0 spiro atoms. The Hall–Kier alpha value is -1.91. The minimum atomic E-state index is -0.541. The summed E-state index contributed by atoms with van der Waals surface area (Å²) in [6, 6.07) is 4.77. The number of benzene rings is 1. The molecule has 2 rings (SSSR count). The van der Waals surface area contributed by atoms with E-state index in [9.17, 15) is 14.0 Å². The second-order valence-corrected chi connectivity index (χ2v) is 5.73. The number of hydrogen-bond acceptors (Lipinski definition) is 2. The van der Waals surface area contributed by atoms with Gasteiger partial charge in [-0.15, -0.1) is 0 Å². The highest BCUT2D eigenvalue weighted by atomic mass is 19.1. The summed E-state index contributed by atoms with van der Waals surface area (Å²) in [6.07, 6.45) is 2.03. The molecule has 21 heavy (non-hydrogen) atoms. The third-order valence-electron chi connectivity index (χ3n) is 3.74. The largest absolute Gasteiger partial charge is 0.341 e. The Labute approximate surface area is 124 Å². The van der Waals surface area contributed by atoms with Crippen LogP contribution in [0.1, 0.15) is 37.0 Å². The summed E-state index contributed by atoms with van der Waals surface area (Å²) in [7, 11) is 0. The molecule has 1 atom stereocenters. The van der Waals surface area contributed by atoms with Crippen LogP contribution in [-0.2, 0) is 4.79 Å². The number of nitrogens with one attached hydrogen (secondary N) is 1. The fraction of sp³-hybridized carbons (Fsp3) is 0.500. The average molecular weight is 292 g/mol. The maximum Gasteiger partial charge on any atom is 0.251 e. The molecule has 1 aromatic rings. The zero-order valence-corrected chi connectivity index (χ0v) is 12.4. The van der Waals surface area contributed by atoms with Crippen molar-refractivity contribution < 1.29 is 14.0 Å². The van der Waals surface area contributed by atoms with E-state index in [1.54, 1.807) is 4.90 Å². The summed E-state index contributed by atoms with van der Waals surface area (Å²) in [5, 5.41) is 2.78. The van der Waals surface area contributed by atoms with Crippen LogP contribution in [0.4, 0.5) is 4.39 Å². The SMILES string of the molecule is CC(C)[C@@H](NC(=O)c1ccc(F)cc1)C(=O)N1CCCC1. The maximum absolute atomic E-state index is 12.9. The lowest BCUT2D eigenvalue weighted by atomic mass is 10.0. The second-order valence-electron chi connectivity index (χ2n) is 5.73. The maximum atomic E-state index is 12.9. The first-order valence-corrected chi connectivity index (χ1v) is 7.34. The fourth-order valence-corrected chi connectivity index (χ4v) is 2.47. The molecule has 4 nitrogen and oxygen atoms in total. The Morgan fingerprint density at radius 2 is 1.71 bits per heavy atom. The number of hydrogen-bond donors (Lipinski definition) is 1. The molecule has 0 aromatic heterocycles. The summed E-state index contributed by atoms with van der Waals surface area (Å²) in [4.78, 5) is 26.4. The third kappa shape index (κ3) is 3.80. The summed E-state index contributed by atoms with van der Waals surface area (Å²) in [5.74, 6) is -0.762. The van der Waals surface area contributed by atoms with E-state index in [-0.39, 0.29) is 23.5 Å². The van der Waals surface area contributed by atoms with Gasteiger partial charge in [-0.25, -0.2) is 4.39 Å². The number of carbonyl (C=O) groups excluding carboxylic acids is 2. The van der Waals surface area contributed by atoms with E-state index in [0.717, 1.165) is 25.9 Å². The average Bonchev–Trinajstić information content (AvgIpc) is 2.98. The minimum absolute atomic E-state index is 0.00231. The van der Waals surface area contributed by atoms with Gasteiger partial charge in [0.2, 0.25) is 5.91 Å². The first kappa shape index (κ1) is 15.5. The van der Waals surface area contributed by atoms with E-state index in [1.807, 2.05) is 13.8 Å². The van der Waals surface area contributed by atoms with E-state index in [1.165, 1.54) is 24.3 Å². The van der Waals surface area contributed by atoms with Crippen LogP contribution in [0, 0.1) is 11.7 Å². The minimum Gasteiger partial charge on any atom is -0.341 e. The number of amides is 2. The smallest absolute Gasteiger partial charge is 0.251 e. The van der Waals surface area contributed by atoms with Gasteiger partial charge < -0.3 is 10.2 Å². The lowest BCUT2D eigenvalue weighted by Crippen LogP contribution is -2.50. The van der Waals surface area contributed by atoms with E-state index in [0.29, 0.717) is 5.56 Å². The predicted molar refractivity (Wildman–Crippen MR) is 78.3 cm³/mol. The Kier molecular flexibility index (Phi) is 4.94. The molecule has 1 heterocycles. The molecule has 1 aliphatic heterocycles. The zero-order chi connectivity index (χ0) is 15.4. The topological polar surface area (TPSA) is 49.4 Å². The van der Waals surface area contributed by atoms with Crippen molar-refractivity contribution >= 4 is 11.8 Å². The van der Waals surface area contributed by atoms with Gasteiger partial charge in [0.1, 0.15) is 11.9 Å². The van der Waals surface area contributed by atoms with Gasteiger partial charge in [0.15, 0.2) is 0 Å². The van der Waals surface area contributed by atoms with Crippen molar-refractivity contribution in [2.45, 2.75) is 32.7 Å². The van der Waals surface area contributed by atoms with Crippen molar-refractivity contribution in [2.75, 3.05) is 13.1 Å². The Morgan fingerprint density at radius 3 is 2.24 bits per heavy atom. The molecule has 0 radical (unpaired) electrons. The lowest BCUT2D eigenvalue weighted by Gasteiger charge is -2.26. The number of nitrogens with zero attached hydrogens (tertiary/aromatic N) is 1. The van der Waals surface area contributed by atoms with Crippen molar-refractivity contribution in [3.05, 3.63) is 35.6 Å². The van der Waals surface area contributed by atoms with Crippen molar-refractivity contribution in [1.29, 1.82) is 0 Å². The molecular formula is C16H21FN2O2. The third-order valence-corrected chi connectivity index (χ3v) is 3.74. The molecule has 0 unspecified atom stereocenters. The molecule has 114 valence electrons. The fourth-order valence-electron chi connectivity index (χ4n) is 2.47. The van der Waals surface area contributed by atoms with Gasteiger partial charge >= 0.3 is 0 Å². The molecule has 0 saturated carbocycles. The van der Waals surface area contributed by atoms with Crippen molar-refractivity contribution in [3.8, 4) is 0 Å². The lowest BCUT2D eigenvalue weighted by molar-refractivity contribution is -0.133. The van der Waals surface area contributed by atoms with Gasteiger partial charge in [-0.1, -0.05) is 13.8 Å². The zero-order valence-electron chi connectivity index (χ0n) is 12.4. The van der Waals surface area contributed by atoms with Crippen molar-refractivity contribution in [3.63, 3.8) is 0 Å². The van der Waals surface area contributed by atoms with Gasteiger partial charge in [0.05, 0.1) is 0 Å². The molecule has 0 aliphatic carbocycles. The Balaban J connectivity index is 2.06. The van der Waals surface area contributed by atoms with E-state index >= 15 is 0 Å². The first-order valence-electron chi connectivity index (χ1n) is 7.34. The predicted octanol–water partition coefficient (Wildman–Crippen LogP) is 2.20. The molecule has 1 aliphatic rings. The van der Waals surface area contributed by atoms with Crippen LogP contribution in [0.15, 0.2) is 24.3 Å². The number of halogens is 1. The van der Waals surface area contributed by atoms with Crippen LogP contribution in [0.5, 0.6) is 0 Å². The summed E-state index contributed by atoms with van der Waals surface area (Å²) >= 11 is 0. The van der Waals surface area contributed by atoms with Gasteiger partial charge in [-0.05, 0) is 43.0 Å². The van der Waals surface area contributed by atoms with Crippen LogP contribution in [0.25, 0.3) is 0 Å². The standard InChI is InChI=1S/C16H21FN2O2/c1-11(2)14(16(21)19-9-3-4-10-19)18-15(20)12-5-7-13(17)8-6-12/h5-8,11,14H,3-4,9-10H2,1-2H3,(H,18,20)/t14-/m1/s1. The highest BCUT2D eigenvalue weighted by molar-refractivity contribution is 5.97. The molecule has 0 bridgehead atoms. The Bertz CT molecular complexity index is 508. The molecule has 1 aromatic carbocycles. The van der Waals surface area contributed by atoms with Crippen LogP contribution in [0.2, 0.25) is 0 Å². The van der Waals surface area contributed by atoms with Crippen LogP contribution < -0.4 is 5.32 Å². The van der Waals surface area contributed by atoms with E-state index in [2.05, 4.69) is 5.32 Å². The second kappa shape index (κ2) is 6.70. The monoisotopic (exact) mass is 292 g/mol.